The van der Waals surface area contributed by atoms with Gasteiger partial charge in [-0.05, 0) is 38.8 Å². The van der Waals surface area contributed by atoms with E-state index in [2.05, 4.69) is 5.32 Å². The van der Waals surface area contributed by atoms with Gasteiger partial charge < -0.3 is 10.2 Å². The van der Waals surface area contributed by atoms with E-state index in [0.29, 0.717) is 31.8 Å². The van der Waals surface area contributed by atoms with E-state index < -0.39 is 34.7 Å². The number of carbonyl (C=O) groups excluding carboxylic acids is 1. The van der Waals surface area contributed by atoms with Crippen molar-refractivity contribution in [2.45, 2.75) is 19.3 Å². The highest BCUT2D eigenvalue weighted by atomic mass is 35.5. The van der Waals surface area contributed by atoms with E-state index >= 15 is 0 Å². The Morgan fingerprint density at radius 3 is 2.17 bits per heavy atom. The second-order valence-corrected chi connectivity index (χ2v) is 5.47. The van der Waals surface area contributed by atoms with Gasteiger partial charge in [-0.15, -0.1) is 12.4 Å². The van der Waals surface area contributed by atoms with E-state index in [1.54, 1.807) is 0 Å². The average molecular weight is 355 g/mol. The van der Waals surface area contributed by atoms with E-state index in [-0.39, 0.29) is 18.5 Å². The summed E-state index contributed by atoms with van der Waals surface area (Å²) < 4.78 is 53.7. The van der Waals surface area contributed by atoms with Gasteiger partial charge in [0, 0.05) is 19.2 Å². The lowest BCUT2D eigenvalue weighted by Crippen LogP contribution is -2.40. The minimum Gasteiger partial charge on any atom is -0.338 e. The van der Waals surface area contributed by atoms with Crippen molar-refractivity contribution in [3.05, 3.63) is 34.9 Å². The third-order valence-electron chi connectivity index (χ3n) is 4.03. The van der Waals surface area contributed by atoms with Crippen LogP contribution in [0.3, 0.4) is 0 Å². The summed E-state index contributed by atoms with van der Waals surface area (Å²) in [5.41, 5.74) is -1.15. The standard InChI is InChI=1S/C15H18F4N2O.ClH/c1-20-5-2-9-3-6-21(7-4-9)15(22)12-13(18)10(16)8-11(17)14(12)19;/h8-9,20H,2-7H2,1H3;1H. The zero-order valence-electron chi connectivity index (χ0n) is 12.7. The van der Waals surface area contributed by atoms with Gasteiger partial charge in [-0.2, -0.15) is 0 Å². The van der Waals surface area contributed by atoms with Crippen molar-refractivity contribution in [2.24, 2.45) is 5.92 Å². The molecule has 1 aromatic carbocycles. The molecule has 1 aliphatic heterocycles. The molecule has 0 unspecified atom stereocenters. The number of nitrogens with one attached hydrogen (secondary N) is 1. The molecule has 1 heterocycles. The lowest BCUT2D eigenvalue weighted by Gasteiger charge is -2.32. The monoisotopic (exact) mass is 354 g/mol. The fourth-order valence-electron chi connectivity index (χ4n) is 2.69. The third-order valence-corrected chi connectivity index (χ3v) is 4.03. The first-order chi connectivity index (χ1) is 10.5. The molecule has 1 aromatic rings. The first-order valence-corrected chi connectivity index (χ1v) is 7.22. The van der Waals surface area contributed by atoms with E-state index in [4.69, 9.17) is 0 Å². The van der Waals surface area contributed by atoms with Crippen LogP contribution in [-0.2, 0) is 0 Å². The molecule has 0 aromatic heterocycles. The predicted octanol–water partition coefficient (Wildman–Crippen LogP) is 3.13. The number of carbonyl (C=O) groups is 1. The van der Waals surface area contributed by atoms with Crippen LogP contribution in [0.2, 0.25) is 0 Å². The molecule has 0 atom stereocenters. The molecule has 1 saturated heterocycles. The molecule has 0 aliphatic carbocycles. The van der Waals surface area contributed by atoms with Crippen LogP contribution in [0.5, 0.6) is 0 Å². The summed E-state index contributed by atoms with van der Waals surface area (Å²) in [6.45, 7) is 1.51. The molecule has 1 N–H and O–H groups in total. The van der Waals surface area contributed by atoms with Crippen LogP contribution in [0.15, 0.2) is 6.07 Å². The van der Waals surface area contributed by atoms with Crippen LogP contribution in [0.25, 0.3) is 0 Å². The van der Waals surface area contributed by atoms with Crippen molar-refractivity contribution < 1.29 is 22.4 Å². The number of amides is 1. The Labute approximate surface area is 138 Å². The highest BCUT2D eigenvalue weighted by molar-refractivity contribution is 5.95. The summed E-state index contributed by atoms with van der Waals surface area (Å²) in [7, 11) is 1.85. The van der Waals surface area contributed by atoms with Crippen molar-refractivity contribution in [1.29, 1.82) is 0 Å². The summed E-state index contributed by atoms with van der Waals surface area (Å²) >= 11 is 0. The number of hydrogen-bond donors (Lipinski definition) is 1. The van der Waals surface area contributed by atoms with Gasteiger partial charge >= 0.3 is 0 Å². The van der Waals surface area contributed by atoms with Crippen LogP contribution in [-0.4, -0.2) is 37.5 Å². The molecule has 23 heavy (non-hydrogen) atoms. The van der Waals surface area contributed by atoms with Gasteiger partial charge in [-0.3, -0.25) is 4.79 Å². The summed E-state index contributed by atoms with van der Waals surface area (Å²) in [6.07, 6.45) is 2.36. The first-order valence-electron chi connectivity index (χ1n) is 7.22. The Morgan fingerprint density at radius 2 is 1.70 bits per heavy atom. The molecular weight excluding hydrogens is 336 g/mol. The largest absolute Gasteiger partial charge is 0.338 e. The van der Waals surface area contributed by atoms with Gasteiger partial charge in [0.25, 0.3) is 5.91 Å². The van der Waals surface area contributed by atoms with Gasteiger partial charge in [0.2, 0.25) is 0 Å². The van der Waals surface area contributed by atoms with Crippen LogP contribution in [0.4, 0.5) is 17.6 Å². The molecule has 3 nitrogen and oxygen atoms in total. The maximum atomic E-state index is 13.7. The third kappa shape index (κ3) is 4.35. The van der Waals surface area contributed by atoms with E-state index in [9.17, 15) is 22.4 Å². The predicted molar refractivity (Wildman–Crippen MR) is 80.7 cm³/mol. The van der Waals surface area contributed by atoms with Crippen molar-refractivity contribution in [1.82, 2.24) is 10.2 Å². The van der Waals surface area contributed by atoms with Gasteiger partial charge in [0.1, 0.15) is 5.56 Å². The molecule has 1 aliphatic rings. The zero-order chi connectivity index (χ0) is 16.3. The Balaban J connectivity index is 0.00000264. The zero-order valence-corrected chi connectivity index (χ0v) is 13.5. The van der Waals surface area contributed by atoms with E-state index in [0.717, 1.165) is 13.0 Å². The smallest absolute Gasteiger partial charge is 0.260 e. The first kappa shape index (κ1) is 19.7. The summed E-state index contributed by atoms with van der Waals surface area (Å²) in [4.78, 5) is 13.4. The minimum atomic E-state index is -1.64. The van der Waals surface area contributed by atoms with E-state index in [1.807, 2.05) is 7.05 Å². The maximum Gasteiger partial charge on any atom is 0.260 e. The molecule has 2 rings (SSSR count). The summed E-state index contributed by atoms with van der Waals surface area (Å²) in [5.74, 6) is -6.98. The fourth-order valence-corrected chi connectivity index (χ4v) is 2.69. The normalized spacial score (nSPS) is 15.4. The van der Waals surface area contributed by atoms with Crippen molar-refractivity contribution >= 4 is 18.3 Å². The number of halogens is 5. The molecular formula is C15H19ClF4N2O. The van der Waals surface area contributed by atoms with Crippen LogP contribution in [0, 0.1) is 29.2 Å². The van der Waals surface area contributed by atoms with Crippen LogP contribution in [0.1, 0.15) is 29.6 Å². The Hall–Kier alpha value is -1.34. The van der Waals surface area contributed by atoms with Gasteiger partial charge in [-0.1, -0.05) is 0 Å². The highest BCUT2D eigenvalue weighted by Gasteiger charge is 2.30. The minimum absolute atomic E-state index is 0. The maximum absolute atomic E-state index is 13.7. The molecule has 1 fully saturated rings. The number of hydrogen-bond acceptors (Lipinski definition) is 2. The lowest BCUT2D eigenvalue weighted by atomic mass is 9.93. The summed E-state index contributed by atoms with van der Waals surface area (Å²) in [5, 5.41) is 3.04. The number of rotatable bonds is 4. The van der Waals surface area contributed by atoms with Crippen molar-refractivity contribution in [2.75, 3.05) is 26.7 Å². The molecule has 0 radical (unpaired) electrons. The topological polar surface area (TPSA) is 32.3 Å². The van der Waals surface area contributed by atoms with Crippen molar-refractivity contribution in [3.8, 4) is 0 Å². The molecule has 0 saturated carbocycles. The van der Waals surface area contributed by atoms with Crippen LogP contribution < -0.4 is 5.32 Å². The molecule has 0 spiro atoms. The lowest BCUT2D eigenvalue weighted by molar-refractivity contribution is 0.0674. The number of likely N-dealkylation sites (tertiary alicyclic amines) is 1. The van der Waals surface area contributed by atoms with Crippen LogP contribution >= 0.6 is 12.4 Å². The van der Waals surface area contributed by atoms with Gasteiger partial charge in [0.05, 0.1) is 0 Å². The fraction of sp³-hybridized carbons (Fsp3) is 0.533. The Morgan fingerprint density at radius 1 is 1.17 bits per heavy atom. The van der Waals surface area contributed by atoms with E-state index in [1.165, 1.54) is 4.90 Å². The summed E-state index contributed by atoms with van der Waals surface area (Å²) in [6, 6.07) is 0.103. The number of piperidine rings is 1. The number of nitrogens with zero attached hydrogens (tertiary/aromatic N) is 1. The quantitative estimate of drug-likeness (QED) is 0.665. The Bertz CT molecular complexity index is 537. The van der Waals surface area contributed by atoms with Gasteiger partial charge in [0.15, 0.2) is 23.3 Å². The second kappa shape index (κ2) is 8.49. The van der Waals surface area contributed by atoms with Crippen molar-refractivity contribution in [3.63, 3.8) is 0 Å². The molecule has 130 valence electrons. The highest BCUT2D eigenvalue weighted by Crippen LogP contribution is 2.25. The Kier molecular flexibility index (Phi) is 7.28. The molecule has 8 heteroatoms. The SMILES string of the molecule is CNCCC1CCN(C(=O)c2c(F)c(F)cc(F)c2F)CC1.Cl. The molecule has 0 bridgehead atoms. The second-order valence-electron chi connectivity index (χ2n) is 5.47. The average Bonchev–Trinajstić information content (AvgIpc) is 2.51. The molecule has 1 amide bonds. The number of benzene rings is 1. The van der Waals surface area contributed by atoms with Gasteiger partial charge in [-0.25, -0.2) is 17.6 Å².